The Morgan fingerprint density at radius 3 is 2.75 bits per heavy atom. The molecule has 2 aromatic carbocycles. The van der Waals surface area contributed by atoms with Crippen LogP contribution in [0.1, 0.15) is 23.2 Å². The van der Waals surface area contributed by atoms with Crippen LogP contribution < -0.4 is 10.8 Å². The fourth-order valence-electron chi connectivity index (χ4n) is 2.37. The first-order valence-corrected chi connectivity index (χ1v) is 10.5. The number of rotatable bonds is 5. The topological polar surface area (TPSA) is 83.5 Å². The van der Waals surface area contributed by atoms with E-state index in [9.17, 15) is 14.3 Å². The van der Waals surface area contributed by atoms with Crippen LogP contribution in [0.5, 0.6) is 0 Å². The standard InChI is InChI=1S/C14H7ClFIN2O2S.C4H9NO/c15-8-3-6(17)1-2-10(8)19-11-7(14(20)21)4-9(16)12-13(11)22-5-18-12;1-6-5-4-2-3-4/h1-5,19H,(H,20,21);4-5H,2-3H2,1H3. The molecule has 3 aromatic rings. The lowest BCUT2D eigenvalue weighted by atomic mass is 10.1. The predicted octanol–water partition coefficient (Wildman–Crippen LogP) is 5.44. The van der Waals surface area contributed by atoms with Gasteiger partial charge in [0.05, 0.1) is 39.3 Å². The van der Waals surface area contributed by atoms with Crippen LogP contribution in [0.3, 0.4) is 0 Å². The van der Waals surface area contributed by atoms with Gasteiger partial charge in [-0.05, 0) is 59.7 Å². The van der Waals surface area contributed by atoms with Gasteiger partial charge in [-0.1, -0.05) is 11.6 Å². The second-order valence-corrected chi connectivity index (χ2v) is 8.47. The molecule has 148 valence electrons. The molecule has 0 amide bonds. The first-order chi connectivity index (χ1) is 13.4. The average molecular weight is 536 g/mol. The second kappa shape index (κ2) is 9.31. The minimum Gasteiger partial charge on any atom is -0.478 e. The summed E-state index contributed by atoms with van der Waals surface area (Å²) in [7, 11) is 1.65. The SMILES string of the molecule is CONC1CC1.O=C(O)c1cc(F)c2ncsc2c1Nc1ccc(I)cc1Cl. The highest BCUT2D eigenvalue weighted by Crippen LogP contribution is 2.36. The van der Waals surface area contributed by atoms with Crippen LogP contribution >= 0.6 is 45.5 Å². The van der Waals surface area contributed by atoms with Gasteiger partial charge in [0.25, 0.3) is 0 Å². The predicted molar refractivity (Wildman–Crippen MR) is 117 cm³/mol. The number of carboxylic acids is 1. The second-order valence-electron chi connectivity index (χ2n) is 5.96. The minimum absolute atomic E-state index is 0.138. The van der Waals surface area contributed by atoms with Gasteiger partial charge in [-0.25, -0.2) is 14.2 Å². The van der Waals surface area contributed by atoms with E-state index in [-0.39, 0.29) is 16.8 Å². The van der Waals surface area contributed by atoms with E-state index in [2.05, 4.69) is 43.2 Å². The zero-order chi connectivity index (χ0) is 20.3. The number of hydrogen-bond acceptors (Lipinski definition) is 6. The van der Waals surface area contributed by atoms with Gasteiger partial charge in [-0.3, -0.25) is 0 Å². The molecule has 1 aliphatic rings. The summed E-state index contributed by atoms with van der Waals surface area (Å²) in [4.78, 5) is 20.0. The summed E-state index contributed by atoms with van der Waals surface area (Å²) in [5, 5.41) is 12.8. The number of anilines is 2. The molecule has 1 fully saturated rings. The van der Waals surface area contributed by atoms with Crippen LogP contribution in [0, 0.1) is 9.39 Å². The Bertz CT molecular complexity index is 1010. The molecule has 1 heterocycles. The normalized spacial score (nSPS) is 13.1. The molecule has 0 aliphatic heterocycles. The van der Waals surface area contributed by atoms with Crippen LogP contribution in [-0.2, 0) is 4.84 Å². The summed E-state index contributed by atoms with van der Waals surface area (Å²) in [6, 6.07) is 6.97. The van der Waals surface area contributed by atoms with E-state index in [0.717, 1.165) is 9.64 Å². The third kappa shape index (κ3) is 5.09. The van der Waals surface area contributed by atoms with Gasteiger partial charge in [0.1, 0.15) is 5.52 Å². The number of nitrogens with one attached hydrogen (secondary N) is 2. The molecule has 0 bridgehead atoms. The van der Waals surface area contributed by atoms with Crippen LogP contribution in [0.25, 0.3) is 10.2 Å². The van der Waals surface area contributed by atoms with E-state index in [0.29, 0.717) is 21.5 Å². The van der Waals surface area contributed by atoms with E-state index in [1.807, 2.05) is 6.07 Å². The Hall–Kier alpha value is -1.53. The first kappa shape index (κ1) is 21.2. The summed E-state index contributed by atoms with van der Waals surface area (Å²) in [6.07, 6.45) is 2.57. The number of nitrogens with zero attached hydrogens (tertiary/aromatic N) is 1. The van der Waals surface area contributed by atoms with Crippen molar-refractivity contribution in [1.82, 2.24) is 10.5 Å². The van der Waals surface area contributed by atoms with Crippen LogP contribution in [0.2, 0.25) is 5.02 Å². The third-order valence-corrected chi connectivity index (χ3v) is 5.67. The third-order valence-electron chi connectivity index (χ3n) is 3.84. The fourth-order valence-corrected chi connectivity index (χ4v) is 4.08. The van der Waals surface area contributed by atoms with Gasteiger partial charge in [-0.15, -0.1) is 11.3 Å². The zero-order valence-corrected chi connectivity index (χ0v) is 18.4. The Labute approximate surface area is 183 Å². The van der Waals surface area contributed by atoms with E-state index >= 15 is 0 Å². The molecule has 0 spiro atoms. The van der Waals surface area contributed by atoms with Crippen molar-refractivity contribution in [3.05, 3.63) is 49.7 Å². The highest BCUT2D eigenvalue weighted by Gasteiger charge is 2.20. The fraction of sp³-hybridized carbons (Fsp3) is 0.222. The molecule has 4 rings (SSSR count). The van der Waals surface area contributed by atoms with E-state index in [1.54, 1.807) is 19.2 Å². The number of hydroxylamine groups is 1. The number of aromatic carboxylic acids is 1. The Kier molecular flexibility index (Phi) is 7.05. The van der Waals surface area contributed by atoms with Crippen molar-refractivity contribution in [3.8, 4) is 0 Å². The average Bonchev–Trinajstić information content (AvgIpc) is 3.31. The largest absolute Gasteiger partial charge is 0.478 e. The van der Waals surface area contributed by atoms with Crippen molar-refractivity contribution in [2.75, 3.05) is 12.4 Å². The van der Waals surface area contributed by atoms with Crippen LogP contribution in [0.15, 0.2) is 29.8 Å². The maximum absolute atomic E-state index is 13.9. The summed E-state index contributed by atoms with van der Waals surface area (Å²) < 4.78 is 15.3. The molecule has 0 radical (unpaired) electrons. The van der Waals surface area contributed by atoms with Crippen LogP contribution in [-0.4, -0.2) is 29.2 Å². The van der Waals surface area contributed by atoms with E-state index in [4.69, 9.17) is 11.6 Å². The van der Waals surface area contributed by atoms with Gasteiger partial charge in [0.15, 0.2) is 5.82 Å². The Balaban J connectivity index is 0.000000320. The molecule has 10 heteroatoms. The molecule has 1 aromatic heterocycles. The van der Waals surface area contributed by atoms with Crippen molar-refractivity contribution in [2.24, 2.45) is 0 Å². The molecule has 28 heavy (non-hydrogen) atoms. The van der Waals surface area contributed by atoms with Gasteiger partial charge in [0, 0.05) is 9.61 Å². The summed E-state index contributed by atoms with van der Waals surface area (Å²) >= 11 is 9.46. The lowest BCUT2D eigenvalue weighted by molar-refractivity contribution is 0.0697. The van der Waals surface area contributed by atoms with Crippen molar-refractivity contribution in [1.29, 1.82) is 0 Å². The molecule has 0 atom stereocenters. The number of thiazole rings is 1. The molecule has 1 aliphatic carbocycles. The smallest absolute Gasteiger partial charge is 0.337 e. The van der Waals surface area contributed by atoms with Gasteiger partial charge < -0.3 is 15.3 Å². The zero-order valence-electron chi connectivity index (χ0n) is 14.6. The maximum Gasteiger partial charge on any atom is 0.337 e. The number of hydrogen-bond donors (Lipinski definition) is 3. The van der Waals surface area contributed by atoms with Gasteiger partial charge in [-0.2, -0.15) is 5.48 Å². The molecular weight excluding hydrogens is 520 g/mol. The number of carboxylic acid groups (broad SMARTS) is 1. The summed E-state index contributed by atoms with van der Waals surface area (Å²) in [5.41, 5.74) is 5.10. The minimum atomic E-state index is -1.22. The van der Waals surface area contributed by atoms with E-state index in [1.165, 1.54) is 29.7 Å². The molecular formula is C18H16ClFIN3O3S. The van der Waals surface area contributed by atoms with Crippen molar-refractivity contribution >= 4 is 73.1 Å². The highest BCUT2D eigenvalue weighted by molar-refractivity contribution is 14.1. The monoisotopic (exact) mass is 535 g/mol. The lowest BCUT2D eigenvalue weighted by Gasteiger charge is -2.12. The lowest BCUT2D eigenvalue weighted by Crippen LogP contribution is -2.12. The maximum atomic E-state index is 13.9. The van der Waals surface area contributed by atoms with Crippen molar-refractivity contribution in [3.63, 3.8) is 0 Å². The summed E-state index contributed by atoms with van der Waals surface area (Å²) in [5.74, 6) is -1.88. The number of aromatic nitrogens is 1. The molecule has 0 unspecified atom stereocenters. The Morgan fingerprint density at radius 2 is 2.18 bits per heavy atom. The van der Waals surface area contributed by atoms with Gasteiger partial charge in [0.2, 0.25) is 0 Å². The molecule has 1 saturated carbocycles. The molecule has 6 nitrogen and oxygen atoms in total. The highest BCUT2D eigenvalue weighted by atomic mass is 127. The first-order valence-electron chi connectivity index (χ1n) is 8.20. The number of fused-ring (bicyclic) bond motifs is 1. The number of halogens is 3. The van der Waals surface area contributed by atoms with E-state index < -0.39 is 11.8 Å². The molecule has 3 N–H and O–H groups in total. The quantitative estimate of drug-likeness (QED) is 0.298. The van der Waals surface area contributed by atoms with Crippen molar-refractivity contribution in [2.45, 2.75) is 18.9 Å². The number of benzene rings is 2. The van der Waals surface area contributed by atoms with Crippen molar-refractivity contribution < 1.29 is 19.1 Å². The Morgan fingerprint density at radius 1 is 1.43 bits per heavy atom. The summed E-state index contributed by atoms with van der Waals surface area (Å²) in [6.45, 7) is 0. The molecule has 0 saturated heterocycles. The van der Waals surface area contributed by atoms with Crippen LogP contribution in [0.4, 0.5) is 15.8 Å². The van der Waals surface area contributed by atoms with Gasteiger partial charge >= 0.3 is 5.97 Å². The number of carbonyl (C=O) groups is 1.